The maximum absolute atomic E-state index is 11.5. The number of hydrogen-bond donors (Lipinski definition) is 1. The summed E-state index contributed by atoms with van der Waals surface area (Å²) in [6.07, 6.45) is 7.69. The second kappa shape index (κ2) is 5.84. The summed E-state index contributed by atoms with van der Waals surface area (Å²) >= 11 is 0. The second-order valence-electron chi connectivity index (χ2n) is 4.17. The van der Waals surface area contributed by atoms with E-state index in [1.54, 1.807) is 6.08 Å². The molecule has 0 aromatic carbocycles. The molecule has 1 N–H and O–H groups in total. The summed E-state index contributed by atoms with van der Waals surface area (Å²) in [6, 6.07) is 0. The molecule has 1 aliphatic rings. The van der Waals surface area contributed by atoms with Crippen LogP contribution in [0.25, 0.3) is 0 Å². The van der Waals surface area contributed by atoms with E-state index in [4.69, 9.17) is 0 Å². The third-order valence-corrected chi connectivity index (χ3v) is 3.04. The Hall–Kier alpha value is -0.790. The second-order valence-corrected chi connectivity index (χ2v) is 4.17. The molecule has 2 unspecified atom stereocenters. The molecule has 0 saturated carbocycles. The Balaban J connectivity index is 2.39. The van der Waals surface area contributed by atoms with E-state index in [-0.39, 0.29) is 11.8 Å². The first-order valence-electron chi connectivity index (χ1n) is 5.68. The Morgan fingerprint density at radius 3 is 3.00 bits per heavy atom. The zero-order chi connectivity index (χ0) is 10.4. The molecule has 80 valence electrons. The lowest BCUT2D eigenvalue weighted by Gasteiger charge is -2.12. The standard InChI is InChI=1S/C12H21NO/c1-3-5-6-10-7-8-11(4-2)12(14)13-9-10/h4,10-11H,2-3,5-9H2,1H3,(H,13,14). The van der Waals surface area contributed by atoms with Crippen molar-refractivity contribution in [3.63, 3.8) is 0 Å². The van der Waals surface area contributed by atoms with Crippen LogP contribution in [0.3, 0.4) is 0 Å². The van der Waals surface area contributed by atoms with Gasteiger partial charge < -0.3 is 5.32 Å². The summed E-state index contributed by atoms with van der Waals surface area (Å²) in [5, 5.41) is 2.99. The minimum absolute atomic E-state index is 0.0432. The molecule has 1 fully saturated rings. The fraction of sp³-hybridized carbons (Fsp3) is 0.750. The minimum Gasteiger partial charge on any atom is -0.355 e. The van der Waals surface area contributed by atoms with Gasteiger partial charge >= 0.3 is 0 Å². The van der Waals surface area contributed by atoms with Gasteiger partial charge in [-0.1, -0.05) is 25.8 Å². The van der Waals surface area contributed by atoms with Crippen LogP contribution in [-0.2, 0) is 4.79 Å². The fourth-order valence-corrected chi connectivity index (χ4v) is 1.99. The lowest BCUT2D eigenvalue weighted by Crippen LogP contribution is -2.29. The van der Waals surface area contributed by atoms with Crippen LogP contribution in [0.1, 0.15) is 39.0 Å². The van der Waals surface area contributed by atoms with Gasteiger partial charge in [0.2, 0.25) is 5.91 Å². The van der Waals surface area contributed by atoms with E-state index in [2.05, 4.69) is 18.8 Å². The largest absolute Gasteiger partial charge is 0.355 e. The minimum atomic E-state index is 0.0432. The number of nitrogens with one attached hydrogen (secondary N) is 1. The van der Waals surface area contributed by atoms with Crippen molar-refractivity contribution in [1.29, 1.82) is 0 Å². The van der Waals surface area contributed by atoms with E-state index >= 15 is 0 Å². The first-order chi connectivity index (χ1) is 6.77. The summed E-state index contributed by atoms with van der Waals surface area (Å²) in [4.78, 5) is 11.5. The Morgan fingerprint density at radius 2 is 2.36 bits per heavy atom. The van der Waals surface area contributed by atoms with Crippen molar-refractivity contribution in [3.05, 3.63) is 12.7 Å². The SMILES string of the molecule is C=CC1CCC(CCCC)CNC1=O. The van der Waals surface area contributed by atoms with Gasteiger partial charge in [-0.3, -0.25) is 4.79 Å². The predicted molar refractivity (Wildman–Crippen MR) is 58.9 cm³/mol. The van der Waals surface area contributed by atoms with E-state index in [0.29, 0.717) is 5.92 Å². The predicted octanol–water partition coefficient (Wildman–Crippen LogP) is 2.50. The Bertz CT molecular complexity index is 200. The molecule has 0 bridgehead atoms. The van der Waals surface area contributed by atoms with Gasteiger partial charge in [0.15, 0.2) is 0 Å². The van der Waals surface area contributed by atoms with Crippen LogP contribution >= 0.6 is 0 Å². The highest BCUT2D eigenvalue weighted by Gasteiger charge is 2.22. The van der Waals surface area contributed by atoms with Gasteiger partial charge in [0.1, 0.15) is 0 Å². The van der Waals surface area contributed by atoms with Crippen molar-refractivity contribution in [2.24, 2.45) is 11.8 Å². The van der Waals surface area contributed by atoms with E-state index in [0.717, 1.165) is 19.4 Å². The first-order valence-corrected chi connectivity index (χ1v) is 5.68. The van der Waals surface area contributed by atoms with E-state index < -0.39 is 0 Å². The monoisotopic (exact) mass is 195 g/mol. The van der Waals surface area contributed by atoms with Gasteiger partial charge in [0.25, 0.3) is 0 Å². The molecule has 1 rings (SSSR count). The van der Waals surface area contributed by atoms with Crippen LogP contribution in [0.4, 0.5) is 0 Å². The first kappa shape index (κ1) is 11.3. The Kier molecular flexibility index (Phi) is 4.71. The summed E-state index contributed by atoms with van der Waals surface area (Å²) in [5.74, 6) is 0.893. The number of rotatable bonds is 4. The highest BCUT2D eigenvalue weighted by molar-refractivity contribution is 5.80. The number of carbonyl (C=O) groups excluding carboxylic acids is 1. The van der Waals surface area contributed by atoms with Crippen molar-refractivity contribution in [3.8, 4) is 0 Å². The van der Waals surface area contributed by atoms with Crippen molar-refractivity contribution in [2.75, 3.05) is 6.54 Å². The van der Waals surface area contributed by atoms with E-state index in [9.17, 15) is 4.79 Å². The lowest BCUT2D eigenvalue weighted by atomic mass is 9.94. The number of hydrogen-bond acceptors (Lipinski definition) is 1. The van der Waals surface area contributed by atoms with Gasteiger partial charge in [-0.2, -0.15) is 0 Å². The smallest absolute Gasteiger partial charge is 0.226 e. The van der Waals surface area contributed by atoms with Gasteiger partial charge in [-0.15, -0.1) is 6.58 Å². The summed E-state index contributed by atoms with van der Waals surface area (Å²) in [7, 11) is 0. The normalized spacial score (nSPS) is 27.9. The third-order valence-electron chi connectivity index (χ3n) is 3.04. The van der Waals surface area contributed by atoms with Crippen LogP contribution in [0.2, 0.25) is 0 Å². The van der Waals surface area contributed by atoms with Crippen molar-refractivity contribution in [1.82, 2.24) is 5.32 Å². The highest BCUT2D eigenvalue weighted by atomic mass is 16.1. The van der Waals surface area contributed by atoms with Gasteiger partial charge in [-0.25, -0.2) is 0 Å². The molecule has 0 spiro atoms. The average molecular weight is 195 g/mol. The van der Waals surface area contributed by atoms with Gasteiger partial charge in [-0.05, 0) is 25.2 Å². The molecule has 0 radical (unpaired) electrons. The van der Waals surface area contributed by atoms with Crippen LogP contribution < -0.4 is 5.32 Å². The molecule has 14 heavy (non-hydrogen) atoms. The molecule has 0 aliphatic carbocycles. The molecule has 2 heteroatoms. The van der Waals surface area contributed by atoms with Crippen molar-refractivity contribution < 1.29 is 4.79 Å². The topological polar surface area (TPSA) is 29.1 Å². The molecule has 1 heterocycles. The summed E-state index contributed by atoms with van der Waals surface area (Å²) < 4.78 is 0. The molecule has 0 aromatic heterocycles. The van der Waals surface area contributed by atoms with Crippen LogP contribution in [-0.4, -0.2) is 12.5 Å². The average Bonchev–Trinajstić information content (AvgIpc) is 2.37. The molecule has 2 atom stereocenters. The number of carbonyl (C=O) groups is 1. The Morgan fingerprint density at radius 1 is 1.57 bits per heavy atom. The van der Waals surface area contributed by atoms with E-state index in [1.807, 2.05) is 0 Å². The fourth-order valence-electron chi connectivity index (χ4n) is 1.99. The summed E-state index contributed by atoms with van der Waals surface area (Å²) in [5.41, 5.74) is 0. The van der Waals surface area contributed by atoms with Crippen LogP contribution in [0.15, 0.2) is 12.7 Å². The molecular weight excluding hydrogens is 174 g/mol. The maximum atomic E-state index is 11.5. The maximum Gasteiger partial charge on any atom is 0.226 e. The quantitative estimate of drug-likeness (QED) is 0.686. The zero-order valence-electron chi connectivity index (χ0n) is 9.09. The Labute approximate surface area is 86.8 Å². The van der Waals surface area contributed by atoms with Crippen molar-refractivity contribution >= 4 is 5.91 Å². The third kappa shape index (κ3) is 3.17. The van der Waals surface area contributed by atoms with Crippen LogP contribution in [0.5, 0.6) is 0 Å². The van der Waals surface area contributed by atoms with Crippen LogP contribution in [0, 0.1) is 11.8 Å². The van der Waals surface area contributed by atoms with E-state index in [1.165, 1.54) is 19.3 Å². The zero-order valence-corrected chi connectivity index (χ0v) is 9.09. The molecule has 1 amide bonds. The lowest BCUT2D eigenvalue weighted by molar-refractivity contribution is -0.123. The van der Waals surface area contributed by atoms with Gasteiger partial charge in [0, 0.05) is 6.54 Å². The number of amides is 1. The van der Waals surface area contributed by atoms with Gasteiger partial charge in [0.05, 0.1) is 5.92 Å². The molecule has 2 nitrogen and oxygen atoms in total. The number of unbranched alkanes of at least 4 members (excludes halogenated alkanes) is 1. The molecule has 0 aromatic rings. The van der Waals surface area contributed by atoms with Crippen molar-refractivity contribution in [2.45, 2.75) is 39.0 Å². The molecular formula is C12H21NO. The highest BCUT2D eigenvalue weighted by Crippen LogP contribution is 2.21. The molecule has 1 aliphatic heterocycles. The summed E-state index contributed by atoms with van der Waals surface area (Å²) in [6.45, 7) is 6.78. The molecule has 1 saturated heterocycles.